The molecule has 0 bridgehead atoms. The Kier molecular flexibility index (Phi) is 9.30. The van der Waals surface area contributed by atoms with Crippen molar-refractivity contribution in [2.24, 2.45) is 0 Å². The number of piperazine rings is 1. The first kappa shape index (κ1) is 20.5. The van der Waals surface area contributed by atoms with Crippen molar-refractivity contribution in [3.8, 4) is 5.75 Å². The van der Waals surface area contributed by atoms with E-state index in [4.69, 9.17) is 0 Å². The molecule has 1 atom stereocenters. The summed E-state index contributed by atoms with van der Waals surface area (Å²) in [6.45, 7) is 10.9. The molecule has 2 rings (SSSR count). The minimum Gasteiger partial charge on any atom is -0.508 e. The van der Waals surface area contributed by atoms with Crippen LogP contribution in [0.3, 0.4) is 0 Å². The van der Waals surface area contributed by atoms with Gasteiger partial charge in [0.25, 0.3) is 0 Å². The third-order valence-corrected chi connectivity index (χ3v) is 4.07. The Bertz CT molecular complexity index is 411. The van der Waals surface area contributed by atoms with E-state index in [2.05, 4.69) is 31.0 Å². The lowest BCUT2D eigenvalue weighted by molar-refractivity contribution is 0.163. The number of phenolic OH excluding ortho intramolecular Hbond substituents is 1. The highest BCUT2D eigenvalue weighted by molar-refractivity contribution is 5.85. The SMILES string of the molecule is CCC[C@@H](c1c(C)cc(O)cc1C)N1CCNCC1.Cl.Cl. The fourth-order valence-electron chi connectivity index (χ4n) is 3.25. The Labute approximate surface area is 140 Å². The van der Waals surface area contributed by atoms with Crippen LogP contribution in [0.2, 0.25) is 0 Å². The van der Waals surface area contributed by atoms with Gasteiger partial charge in [-0.3, -0.25) is 4.90 Å². The molecule has 3 nitrogen and oxygen atoms in total. The van der Waals surface area contributed by atoms with Crippen molar-refractivity contribution >= 4 is 24.8 Å². The molecule has 0 aromatic heterocycles. The Hall–Kier alpha value is -0.480. The molecule has 0 aliphatic carbocycles. The van der Waals surface area contributed by atoms with Crippen LogP contribution in [0.1, 0.15) is 42.5 Å². The number of hydrogen-bond acceptors (Lipinski definition) is 3. The predicted octanol–water partition coefficient (Wildman–Crippen LogP) is 3.60. The van der Waals surface area contributed by atoms with E-state index in [0.29, 0.717) is 11.8 Å². The van der Waals surface area contributed by atoms with Gasteiger partial charge >= 0.3 is 0 Å². The molecular weight excluding hydrogens is 307 g/mol. The number of aryl methyl sites for hydroxylation is 2. The van der Waals surface area contributed by atoms with E-state index >= 15 is 0 Å². The molecule has 1 heterocycles. The van der Waals surface area contributed by atoms with E-state index in [1.165, 1.54) is 29.5 Å². The lowest BCUT2D eigenvalue weighted by Crippen LogP contribution is -2.45. The molecule has 2 N–H and O–H groups in total. The number of phenols is 1. The molecule has 0 spiro atoms. The van der Waals surface area contributed by atoms with Crippen LogP contribution in [-0.2, 0) is 0 Å². The van der Waals surface area contributed by atoms with E-state index in [0.717, 1.165) is 26.2 Å². The molecule has 1 aliphatic rings. The average molecular weight is 335 g/mol. The second-order valence-electron chi connectivity index (χ2n) is 5.58. The maximum Gasteiger partial charge on any atom is 0.116 e. The molecule has 0 radical (unpaired) electrons. The summed E-state index contributed by atoms with van der Waals surface area (Å²) in [4.78, 5) is 2.59. The molecule has 1 aliphatic heterocycles. The summed E-state index contributed by atoms with van der Waals surface area (Å²) in [5.41, 5.74) is 3.85. The van der Waals surface area contributed by atoms with Gasteiger partial charge in [0.2, 0.25) is 0 Å². The first-order valence-corrected chi connectivity index (χ1v) is 7.38. The summed E-state index contributed by atoms with van der Waals surface area (Å²) in [5, 5.41) is 13.1. The van der Waals surface area contributed by atoms with E-state index < -0.39 is 0 Å². The zero-order valence-electron chi connectivity index (χ0n) is 13.2. The van der Waals surface area contributed by atoms with Gasteiger partial charge in [0.1, 0.15) is 5.75 Å². The third-order valence-electron chi connectivity index (χ3n) is 4.07. The second kappa shape index (κ2) is 9.52. The molecule has 0 amide bonds. The van der Waals surface area contributed by atoms with E-state index in [-0.39, 0.29) is 24.8 Å². The monoisotopic (exact) mass is 334 g/mol. The van der Waals surface area contributed by atoms with Crippen molar-refractivity contribution in [3.05, 3.63) is 28.8 Å². The summed E-state index contributed by atoms with van der Waals surface area (Å²) in [6, 6.07) is 4.29. The highest BCUT2D eigenvalue weighted by Gasteiger charge is 2.24. The van der Waals surface area contributed by atoms with Gasteiger partial charge in [0, 0.05) is 32.2 Å². The summed E-state index contributed by atoms with van der Waals surface area (Å²) >= 11 is 0. The summed E-state index contributed by atoms with van der Waals surface area (Å²) in [5.74, 6) is 0.384. The summed E-state index contributed by atoms with van der Waals surface area (Å²) < 4.78 is 0. The lowest BCUT2D eigenvalue weighted by Gasteiger charge is -2.36. The second-order valence-corrected chi connectivity index (χ2v) is 5.58. The van der Waals surface area contributed by atoms with Crippen LogP contribution in [0.25, 0.3) is 0 Å². The predicted molar refractivity (Wildman–Crippen MR) is 94.2 cm³/mol. The molecule has 1 saturated heterocycles. The number of halogens is 2. The number of benzene rings is 1. The van der Waals surface area contributed by atoms with E-state index in [9.17, 15) is 5.11 Å². The third kappa shape index (κ3) is 5.03. The molecule has 1 aromatic carbocycles. The molecule has 1 fully saturated rings. The average Bonchev–Trinajstić information content (AvgIpc) is 2.37. The van der Waals surface area contributed by atoms with Crippen LogP contribution >= 0.6 is 24.8 Å². The normalized spacial score (nSPS) is 16.7. The Morgan fingerprint density at radius 1 is 1.14 bits per heavy atom. The number of nitrogens with one attached hydrogen (secondary N) is 1. The number of aromatic hydroxyl groups is 1. The van der Waals surface area contributed by atoms with E-state index in [1.807, 2.05) is 12.1 Å². The molecule has 0 saturated carbocycles. The minimum atomic E-state index is 0. The van der Waals surface area contributed by atoms with Crippen LogP contribution < -0.4 is 5.32 Å². The van der Waals surface area contributed by atoms with Crippen LogP contribution in [0.5, 0.6) is 5.75 Å². The number of nitrogens with zero attached hydrogens (tertiary/aromatic N) is 1. The van der Waals surface area contributed by atoms with Crippen LogP contribution in [0, 0.1) is 13.8 Å². The first-order valence-electron chi connectivity index (χ1n) is 7.38. The van der Waals surface area contributed by atoms with Crippen LogP contribution in [0.4, 0.5) is 0 Å². The summed E-state index contributed by atoms with van der Waals surface area (Å²) in [6.07, 6.45) is 2.38. The van der Waals surface area contributed by atoms with Crippen LogP contribution in [-0.4, -0.2) is 36.2 Å². The Balaban J connectivity index is 0.00000200. The maximum absolute atomic E-state index is 9.72. The standard InChI is InChI=1S/C16H26N2O.2ClH/c1-4-5-15(18-8-6-17-7-9-18)16-12(2)10-14(19)11-13(16)3;;/h10-11,15,17,19H,4-9H2,1-3H3;2*1H/t15-;;/m0../s1. The van der Waals surface area contributed by atoms with Gasteiger partial charge in [-0.1, -0.05) is 13.3 Å². The van der Waals surface area contributed by atoms with Crippen molar-refractivity contribution < 1.29 is 5.11 Å². The zero-order chi connectivity index (χ0) is 13.8. The van der Waals surface area contributed by atoms with Crippen LogP contribution in [0.15, 0.2) is 12.1 Å². The molecule has 5 heteroatoms. The molecular formula is C16H28Cl2N2O. The molecule has 0 unspecified atom stereocenters. The summed E-state index contributed by atoms with van der Waals surface area (Å²) in [7, 11) is 0. The maximum atomic E-state index is 9.72. The van der Waals surface area contributed by atoms with Gasteiger partial charge in [0.05, 0.1) is 0 Å². The van der Waals surface area contributed by atoms with Gasteiger partial charge in [-0.05, 0) is 49.1 Å². The van der Waals surface area contributed by atoms with Gasteiger partial charge in [-0.15, -0.1) is 24.8 Å². The van der Waals surface area contributed by atoms with Gasteiger partial charge in [-0.25, -0.2) is 0 Å². The smallest absolute Gasteiger partial charge is 0.116 e. The molecule has 1 aromatic rings. The van der Waals surface area contributed by atoms with Crippen molar-refractivity contribution in [2.45, 2.75) is 39.7 Å². The minimum absolute atomic E-state index is 0. The fraction of sp³-hybridized carbons (Fsp3) is 0.625. The topological polar surface area (TPSA) is 35.5 Å². The van der Waals surface area contributed by atoms with Crippen molar-refractivity contribution in [1.82, 2.24) is 10.2 Å². The number of hydrogen-bond donors (Lipinski definition) is 2. The zero-order valence-corrected chi connectivity index (χ0v) is 14.8. The van der Waals surface area contributed by atoms with Gasteiger partial charge in [-0.2, -0.15) is 0 Å². The lowest BCUT2D eigenvalue weighted by atomic mass is 9.91. The van der Waals surface area contributed by atoms with Crippen molar-refractivity contribution in [3.63, 3.8) is 0 Å². The largest absolute Gasteiger partial charge is 0.508 e. The quantitative estimate of drug-likeness (QED) is 0.883. The highest BCUT2D eigenvalue weighted by atomic mass is 35.5. The Morgan fingerprint density at radius 3 is 2.14 bits per heavy atom. The van der Waals surface area contributed by atoms with Gasteiger partial charge < -0.3 is 10.4 Å². The number of rotatable bonds is 4. The first-order chi connectivity index (χ1) is 9.13. The van der Waals surface area contributed by atoms with E-state index in [1.54, 1.807) is 0 Å². The molecule has 21 heavy (non-hydrogen) atoms. The van der Waals surface area contributed by atoms with Crippen molar-refractivity contribution in [2.75, 3.05) is 26.2 Å². The highest BCUT2D eigenvalue weighted by Crippen LogP contribution is 2.33. The molecule has 122 valence electrons. The Morgan fingerprint density at radius 2 is 1.67 bits per heavy atom. The van der Waals surface area contributed by atoms with Crippen molar-refractivity contribution in [1.29, 1.82) is 0 Å². The van der Waals surface area contributed by atoms with Gasteiger partial charge in [0.15, 0.2) is 0 Å². The fourth-order valence-corrected chi connectivity index (χ4v) is 3.25.